The zero-order valence-corrected chi connectivity index (χ0v) is 11.8. The van der Waals surface area contributed by atoms with Crippen LogP contribution in [0.2, 0.25) is 0 Å². The lowest BCUT2D eigenvalue weighted by atomic mass is 10.1. The molecule has 2 N–H and O–H groups in total. The summed E-state index contributed by atoms with van der Waals surface area (Å²) in [6, 6.07) is 11.6. The standard InChI is InChI=1S/C16H18FN3O/c1-12(15-8-4-5-10-18-15)20-16(21)19-11-9-13-6-2-3-7-14(13)17/h2-8,10,12H,9,11H2,1H3,(H2,19,20,21)/t12-/m1/s1. The molecule has 0 spiro atoms. The second kappa shape index (κ2) is 7.38. The summed E-state index contributed by atoms with van der Waals surface area (Å²) in [5.74, 6) is -0.249. The van der Waals surface area contributed by atoms with Crippen molar-refractivity contribution in [1.29, 1.82) is 0 Å². The average Bonchev–Trinajstić information content (AvgIpc) is 2.50. The Morgan fingerprint density at radius 3 is 2.71 bits per heavy atom. The number of hydrogen-bond donors (Lipinski definition) is 2. The fourth-order valence-corrected chi connectivity index (χ4v) is 1.97. The van der Waals surface area contributed by atoms with Crippen molar-refractivity contribution in [3.05, 3.63) is 65.7 Å². The molecule has 0 saturated carbocycles. The van der Waals surface area contributed by atoms with Crippen molar-refractivity contribution in [3.63, 3.8) is 0 Å². The monoisotopic (exact) mass is 287 g/mol. The molecular weight excluding hydrogens is 269 g/mol. The van der Waals surface area contributed by atoms with Gasteiger partial charge in [0.1, 0.15) is 5.82 Å². The highest BCUT2D eigenvalue weighted by atomic mass is 19.1. The van der Waals surface area contributed by atoms with Gasteiger partial charge in [0, 0.05) is 12.7 Å². The molecule has 4 nitrogen and oxygen atoms in total. The fraction of sp³-hybridized carbons (Fsp3) is 0.250. The maximum atomic E-state index is 13.4. The van der Waals surface area contributed by atoms with Crippen LogP contribution in [0.4, 0.5) is 9.18 Å². The van der Waals surface area contributed by atoms with E-state index in [1.807, 2.05) is 25.1 Å². The average molecular weight is 287 g/mol. The summed E-state index contributed by atoms with van der Waals surface area (Å²) in [7, 11) is 0. The van der Waals surface area contributed by atoms with Gasteiger partial charge in [-0.3, -0.25) is 4.98 Å². The molecule has 0 aliphatic carbocycles. The van der Waals surface area contributed by atoms with E-state index in [1.54, 1.807) is 24.4 Å². The van der Waals surface area contributed by atoms with E-state index in [0.29, 0.717) is 18.5 Å². The van der Waals surface area contributed by atoms with E-state index >= 15 is 0 Å². The van der Waals surface area contributed by atoms with Crippen LogP contribution in [0.15, 0.2) is 48.7 Å². The maximum Gasteiger partial charge on any atom is 0.315 e. The second-order valence-corrected chi connectivity index (χ2v) is 4.72. The van der Waals surface area contributed by atoms with Gasteiger partial charge in [-0.2, -0.15) is 0 Å². The van der Waals surface area contributed by atoms with Crippen LogP contribution in [0.5, 0.6) is 0 Å². The molecule has 2 rings (SSSR count). The summed E-state index contributed by atoms with van der Waals surface area (Å²) in [4.78, 5) is 15.9. The van der Waals surface area contributed by atoms with Crippen LogP contribution in [-0.4, -0.2) is 17.6 Å². The molecule has 1 aromatic carbocycles. The van der Waals surface area contributed by atoms with E-state index in [0.717, 1.165) is 5.69 Å². The van der Waals surface area contributed by atoms with Crippen molar-refractivity contribution in [2.75, 3.05) is 6.54 Å². The van der Waals surface area contributed by atoms with Crippen LogP contribution in [0.3, 0.4) is 0 Å². The highest BCUT2D eigenvalue weighted by Gasteiger charge is 2.09. The minimum Gasteiger partial charge on any atom is -0.338 e. The molecule has 21 heavy (non-hydrogen) atoms. The van der Waals surface area contributed by atoms with Gasteiger partial charge < -0.3 is 10.6 Å². The third-order valence-corrected chi connectivity index (χ3v) is 3.12. The SMILES string of the molecule is C[C@@H](NC(=O)NCCc1ccccc1F)c1ccccn1. The minimum atomic E-state index is -0.288. The summed E-state index contributed by atoms with van der Waals surface area (Å²) in [6.07, 6.45) is 2.14. The van der Waals surface area contributed by atoms with Gasteiger partial charge in [0.15, 0.2) is 0 Å². The molecule has 0 fully saturated rings. The van der Waals surface area contributed by atoms with E-state index < -0.39 is 0 Å². The largest absolute Gasteiger partial charge is 0.338 e. The molecule has 0 saturated heterocycles. The van der Waals surface area contributed by atoms with Gasteiger partial charge in [0.05, 0.1) is 11.7 Å². The zero-order valence-electron chi connectivity index (χ0n) is 11.8. The number of urea groups is 1. The molecule has 0 unspecified atom stereocenters. The topological polar surface area (TPSA) is 54.0 Å². The van der Waals surface area contributed by atoms with Crippen LogP contribution in [0.25, 0.3) is 0 Å². The van der Waals surface area contributed by atoms with Crippen LogP contribution >= 0.6 is 0 Å². The first-order valence-electron chi connectivity index (χ1n) is 6.85. The van der Waals surface area contributed by atoms with Gasteiger partial charge in [0.25, 0.3) is 0 Å². The van der Waals surface area contributed by atoms with Crippen molar-refractivity contribution < 1.29 is 9.18 Å². The third-order valence-electron chi connectivity index (χ3n) is 3.12. The molecule has 0 bridgehead atoms. The highest BCUT2D eigenvalue weighted by molar-refractivity contribution is 5.74. The molecule has 5 heteroatoms. The number of aromatic nitrogens is 1. The van der Waals surface area contributed by atoms with Gasteiger partial charge in [-0.15, -0.1) is 0 Å². The van der Waals surface area contributed by atoms with E-state index in [2.05, 4.69) is 15.6 Å². The molecule has 1 heterocycles. The van der Waals surface area contributed by atoms with Crippen LogP contribution in [0, 0.1) is 5.82 Å². The number of halogens is 1. The van der Waals surface area contributed by atoms with Crippen molar-refractivity contribution in [1.82, 2.24) is 15.6 Å². The first-order chi connectivity index (χ1) is 10.2. The van der Waals surface area contributed by atoms with Gasteiger partial charge in [-0.25, -0.2) is 9.18 Å². The van der Waals surface area contributed by atoms with Crippen molar-refractivity contribution >= 4 is 6.03 Å². The van der Waals surface area contributed by atoms with E-state index in [4.69, 9.17) is 0 Å². The van der Waals surface area contributed by atoms with Gasteiger partial charge in [-0.1, -0.05) is 24.3 Å². The fourth-order valence-electron chi connectivity index (χ4n) is 1.97. The summed E-state index contributed by atoms with van der Waals surface area (Å²) < 4.78 is 13.4. The smallest absolute Gasteiger partial charge is 0.315 e. The Labute approximate surface area is 123 Å². The van der Waals surface area contributed by atoms with Crippen LogP contribution in [-0.2, 0) is 6.42 Å². The second-order valence-electron chi connectivity index (χ2n) is 4.72. The Kier molecular flexibility index (Phi) is 5.26. The Hall–Kier alpha value is -2.43. The van der Waals surface area contributed by atoms with E-state index in [1.165, 1.54) is 6.07 Å². The summed E-state index contributed by atoms with van der Waals surface area (Å²) in [5, 5.41) is 5.51. The summed E-state index contributed by atoms with van der Waals surface area (Å²) in [5.41, 5.74) is 1.39. The molecule has 0 aliphatic rings. The zero-order chi connectivity index (χ0) is 15.1. The number of amides is 2. The van der Waals surface area contributed by atoms with E-state index in [-0.39, 0.29) is 17.9 Å². The lowest BCUT2D eigenvalue weighted by Gasteiger charge is -2.14. The van der Waals surface area contributed by atoms with Crippen LogP contribution < -0.4 is 10.6 Å². The van der Waals surface area contributed by atoms with E-state index in [9.17, 15) is 9.18 Å². The van der Waals surface area contributed by atoms with Crippen LogP contribution in [0.1, 0.15) is 24.2 Å². The molecule has 2 amide bonds. The Balaban J connectivity index is 1.76. The number of pyridine rings is 1. The first-order valence-corrected chi connectivity index (χ1v) is 6.85. The Morgan fingerprint density at radius 2 is 2.00 bits per heavy atom. The summed E-state index contributed by atoms with van der Waals surface area (Å²) in [6.45, 7) is 2.24. The van der Waals surface area contributed by atoms with Gasteiger partial charge >= 0.3 is 6.03 Å². The number of hydrogen-bond acceptors (Lipinski definition) is 2. The minimum absolute atomic E-state index is 0.181. The number of nitrogens with zero attached hydrogens (tertiary/aromatic N) is 1. The number of nitrogens with one attached hydrogen (secondary N) is 2. The maximum absolute atomic E-state index is 13.4. The molecule has 110 valence electrons. The molecule has 2 aromatic rings. The summed E-state index contributed by atoms with van der Waals surface area (Å²) >= 11 is 0. The van der Waals surface area contributed by atoms with Crippen molar-refractivity contribution in [2.24, 2.45) is 0 Å². The molecule has 0 radical (unpaired) electrons. The molecule has 1 aromatic heterocycles. The number of carbonyl (C=O) groups is 1. The first kappa shape index (κ1) is 15.0. The van der Waals surface area contributed by atoms with Crippen molar-refractivity contribution in [2.45, 2.75) is 19.4 Å². The molecule has 1 atom stereocenters. The molecular formula is C16H18FN3O. The lowest BCUT2D eigenvalue weighted by molar-refractivity contribution is 0.238. The van der Waals surface area contributed by atoms with Gasteiger partial charge in [0.2, 0.25) is 0 Å². The van der Waals surface area contributed by atoms with Gasteiger partial charge in [-0.05, 0) is 37.1 Å². The van der Waals surface area contributed by atoms with Crippen molar-refractivity contribution in [3.8, 4) is 0 Å². The third kappa shape index (κ3) is 4.56. The highest BCUT2D eigenvalue weighted by Crippen LogP contribution is 2.08. The predicted octanol–water partition coefficient (Wildman–Crippen LogP) is 2.82. The number of benzene rings is 1. The Morgan fingerprint density at radius 1 is 1.24 bits per heavy atom. The number of carbonyl (C=O) groups excluding carboxylic acids is 1. The quantitative estimate of drug-likeness (QED) is 0.888. The Bertz CT molecular complexity index is 589. The number of rotatable bonds is 5. The normalized spacial score (nSPS) is 11.7. The lowest BCUT2D eigenvalue weighted by Crippen LogP contribution is -2.38. The predicted molar refractivity (Wildman–Crippen MR) is 79.3 cm³/mol. The molecule has 0 aliphatic heterocycles.